The van der Waals surface area contributed by atoms with Crippen LogP contribution < -0.4 is 43.0 Å². The zero-order valence-electron chi connectivity index (χ0n) is 40.2. The first-order chi connectivity index (χ1) is 34.3. The van der Waals surface area contributed by atoms with Crippen molar-refractivity contribution >= 4 is 65.3 Å². The highest BCUT2D eigenvalue weighted by molar-refractivity contribution is 5.98. The molecule has 2 fully saturated rings. The number of nitrogens with one attached hydrogen (secondary N) is 7. The van der Waals surface area contributed by atoms with E-state index in [1.165, 1.54) is 0 Å². The lowest BCUT2D eigenvalue weighted by atomic mass is 10.0. The van der Waals surface area contributed by atoms with Crippen LogP contribution in [-0.2, 0) is 54.4 Å². The molecule has 0 radical (unpaired) electrons. The van der Waals surface area contributed by atoms with E-state index >= 15 is 0 Å². The Morgan fingerprint density at radius 2 is 1.08 bits per heavy atom. The van der Waals surface area contributed by atoms with Crippen molar-refractivity contribution in [1.29, 1.82) is 0 Å². The number of benzene rings is 1. The molecule has 398 valence electrons. The lowest BCUT2D eigenvalue weighted by Crippen LogP contribution is -2.58. The Kier molecular flexibility index (Phi) is 24.0. The highest BCUT2D eigenvalue weighted by atomic mass is 16.4. The van der Waals surface area contributed by atoms with Crippen LogP contribution in [0.3, 0.4) is 0 Å². The summed E-state index contributed by atoms with van der Waals surface area (Å²) >= 11 is 0. The summed E-state index contributed by atoms with van der Waals surface area (Å²) < 4.78 is 0. The van der Waals surface area contributed by atoms with E-state index in [-0.39, 0.29) is 123 Å². The largest absolute Gasteiger partial charge is 0.481 e. The molecule has 6 amide bonds. The molecule has 27 heteroatoms. The van der Waals surface area contributed by atoms with Gasteiger partial charge in [0.2, 0.25) is 35.4 Å². The summed E-state index contributed by atoms with van der Waals surface area (Å²) in [7, 11) is 0. The minimum absolute atomic E-state index is 0.0124. The number of guanidine groups is 1. The fourth-order valence-corrected chi connectivity index (χ4v) is 8.33. The van der Waals surface area contributed by atoms with Crippen molar-refractivity contribution in [2.75, 3.05) is 98.2 Å². The van der Waals surface area contributed by atoms with Crippen LogP contribution in [0.25, 0.3) is 0 Å². The topological polar surface area (TPSA) is 387 Å². The van der Waals surface area contributed by atoms with Gasteiger partial charge in [-0.2, -0.15) is 0 Å². The van der Waals surface area contributed by atoms with Gasteiger partial charge in [0.15, 0.2) is 5.96 Å². The molecule has 13 N–H and O–H groups in total. The zero-order chi connectivity index (χ0) is 52.6. The maximum atomic E-state index is 14.2. The number of amides is 6. The molecule has 0 spiro atoms. The fourth-order valence-electron chi connectivity index (χ4n) is 8.33. The Labute approximate surface area is 416 Å². The van der Waals surface area contributed by atoms with Crippen molar-refractivity contribution < 1.29 is 68.4 Å². The summed E-state index contributed by atoms with van der Waals surface area (Å²) in [5.41, 5.74) is 6.47. The standard InChI is InChI=1S/C45H69N13O14/c46-45-48-13-11-30(50-45)9-10-32-41(69)49-24-35(59)51-34(23-37(61)62)44(72)54-33(22-29-6-2-1-3-7-29)43(71)52-31(42(70)53-32)8-4-5-12-47-36(60)25-55-14-16-56(26-38(63)64)18-20-58(28-40(67)68)21-19-57(17-15-55)27-39(65)66/h1-3,6-7,30-34H,4-5,8-28H2,(H,47,60)(H,49,69)(H,51,59)(H,52,71)(H,53,70)(H,54,72)(H,61,62)(H,63,64)(H,65,66)(H,67,68)(H3,46,48,50)/t30?,31?,32-,33+,34-/m0/s1. The van der Waals surface area contributed by atoms with Crippen molar-refractivity contribution in [3.05, 3.63) is 35.9 Å². The summed E-state index contributed by atoms with van der Waals surface area (Å²) in [5, 5.41) is 56.8. The second-order valence-electron chi connectivity index (χ2n) is 17.9. The van der Waals surface area contributed by atoms with E-state index in [9.17, 15) is 68.4 Å². The molecule has 3 aliphatic rings. The van der Waals surface area contributed by atoms with Crippen molar-refractivity contribution in [3.63, 3.8) is 0 Å². The van der Waals surface area contributed by atoms with Crippen molar-refractivity contribution in [3.8, 4) is 0 Å². The van der Waals surface area contributed by atoms with Crippen LogP contribution in [0.1, 0.15) is 50.5 Å². The van der Waals surface area contributed by atoms with Crippen LogP contribution in [0, 0.1) is 0 Å². The Morgan fingerprint density at radius 3 is 1.61 bits per heavy atom. The highest BCUT2D eigenvalue weighted by Gasteiger charge is 2.34. The Balaban J connectivity index is 1.49. The number of hydrogen-bond acceptors (Lipinski definition) is 17. The van der Waals surface area contributed by atoms with Crippen LogP contribution in [0.5, 0.6) is 0 Å². The molecular weight excluding hydrogens is 947 g/mol. The van der Waals surface area contributed by atoms with Gasteiger partial charge in [-0.15, -0.1) is 0 Å². The third-order valence-corrected chi connectivity index (χ3v) is 12.2. The second kappa shape index (κ2) is 30.0. The summed E-state index contributed by atoms with van der Waals surface area (Å²) in [5.74, 6) is -9.06. The number of hydrogen-bond donors (Lipinski definition) is 12. The molecule has 0 aliphatic carbocycles. The molecule has 1 aromatic carbocycles. The first kappa shape index (κ1) is 57.6. The highest BCUT2D eigenvalue weighted by Crippen LogP contribution is 2.12. The minimum Gasteiger partial charge on any atom is -0.481 e. The molecule has 5 atom stereocenters. The van der Waals surface area contributed by atoms with E-state index in [0.29, 0.717) is 31.4 Å². The molecule has 0 saturated carbocycles. The van der Waals surface area contributed by atoms with Crippen molar-refractivity contribution in [2.24, 2.45) is 10.7 Å². The number of carboxylic acid groups (broad SMARTS) is 4. The monoisotopic (exact) mass is 1020 g/mol. The van der Waals surface area contributed by atoms with Gasteiger partial charge in [0.05, 0.1) is 39.1 Å². The van der Waals surface area contributed by atoms with E-state index in [1.54, 1.807) is 49.9 Å². The number of carbonyl (C=O) groups is 10. The zero-order valence-corrected chi connectivity index (χ0v) is 40.2. The van der Waals surface area contributed by atoms with Crippen LogP contribution in [-0.4, -0.2) is 234 Å². The van der Waals surface area contributed by atoms with Crippen molar-refractivity contribution in [2.45, 2.75) is 81.6 Å². The van der Waals surface area contributed by atoms with Crippen LogP contribution in [0.15, 0.2) is 35.3 Å². The molecular formula is C45H69N13O14. The molecule has 3 aliphatic heterocycles. The number of unbranched alkanes of at least 4 members (excludes halogenated alkanes) is 1. The quantitative estimate of drug-likeness (QED) is 0.0544. The van der Waals surface area contributed by atoms with Crippen molar-refractivity contribution in [1.82, 2.24) is 56.8 Å². The predicted molar refractivity (Wildman–Crippen MR) is 256 cm³/mol. The number of aliphatic imine (C=N–C) groups is 1. The van der Waals surface area contributed by atoms with Crippen LogP contribution >= 0.6 is 0 Å². The average Bonchev–Trinajstić information content (AvgIpc) is 3.31. The van der Waals surface area contributed by atoms with Gasteiger partial charge in [0.25, 0.3) is 0 Å². The van der Waals surface area contributed by atoms with Gasteiger partial charge in [-0.05, 0) is 44.1 Å². The Bertz CT molecular complexity index is 2050. The normalized spacial score (nSPS) is 23.3. The van der Waals surface area contributed by atoms with Gasteiger partial charge >= 0.3 is 23.9 Å². The third-order valence-electron chi connectivity index (χ3n) is 12.2. The summed E-state index contributed by atoms with van der Waals surface area (Å²) in [6.07, 6.45) is 0.571. The molecule has 2 unspecified atom stereocenters. The molecule has 4 rings (SSSR count). The minimum atomic E-state index is -1.64. The maximum absolute atomic E-state index is 14.2. The number of aliphatic carboxylic acids is 4. The lowest BCUT2D eigenvalue weighted by Gasteiger charge is -2.32. The molecule has 27 nitrogen and oxygen atoms in total. The number of rotatable bonds is 20. The van der Waals surface area contributed by atoms with E-state index < -0.39 is 96.5 Å². The number of carboxylic acids is 4. The first-order valence-corrected chi connectivity index (χ1v) is 23.9. The third kappa shape index (κ3) is 22.0. The van der Waals surface area contributed by atoms with E-state index in [4.69, 9.17) is 5.73 Å². The second-order valence-corrected chi connectivity index (χ2v) is 17.9. The average molecular weight is 1020 g/mol. The summed E-state index contributed by atoms with van der Waals surface area (Å²) in [6, 6.07) is 2.84. The maximum Gasteiger partial charge on any atom is 0.317 e. The van der Waals surface area contributed by atoms with Crippen LogP contribution in [0.2, 0.25) is 0 Å². The predicted octanol–water partition coefficient (Wildman–Crippen LogP) is -5.01. The molecule has 3 heterocycles. The lowest BCUT2D eigenvalue weighted by molar-refractivity contribution is -0.141. The smallest absolute Gasteiger partial charge is 0.317 e. The number of nitrogens with two attached hydrogens (primary N) is 1. The molecule has 1 aromatic rings. The fraction of sp³-hybridized carbons (Fsp3) is 0.622. The van der Waals surface area contributed by atoms with Gasteiger partial charge in [0.1, 0.15) is 24.2 Å². The van der Waals surface area contributed by atoms with E-state index in [0.717, 1.165) is 0 Å². The first-order valence-electron chi connectivity index (χ1n) is 23.9. The molecule has 0 bridgehead atoms. The Hall–Kier alpha value is -6.97. The van der Waals surface area contributed by atoms with Gasteiger partial charge in [-0.25, -0.2) is 0 Å². The van der Waals surface area contributed by atoms with E-state index in [1.807, 2.05) is 0 Å². The van der Waals surface area contributed by atoms with E-state index in [2.05, 4.69) is 42.2 Å². The number of carbonyl (C=O) groups excluding carboxylic acids is 6. The van der Waals surface area contributed by atoms with Crippen LogP contribution in [0.4, 0.5) is 0 Å². The van der Waals surface area contributed by atoms with Gasteiger partial charge in [-0.3, -0.25) is 72.5 Å². The van der Waals surface area contributed by atoms with Gasteiger partial charge in [0, 0.05) is 77.9 Å². The molecule has 72 heavy (non-hydrogen) atoms. The van der Waals surface area contributed by atoms with Gasteiger partial charge < -0.3 is 63.4 Å². The molecule has 2 saturated heterocycles. The van der Waals surface area contributed by atoms with Gasteiger partial charge in [-0.1, -0.05) is 30.3 Å². The summed E-state index contributed by atoms with van der Waals surface area (Å²) in [4.78, 5) is 140. The SMILES string of the molecule is NC1=NCCC(CC[C@@H]2NC(=O)C(CCCCNC(=O)CN3CCN(CC(=O)O)CCN(CC(=O)O)CCN(CC(=O)O)CC3)NC(=O)[C@@H](Cc3ccccc3)NC(=O)[C@H](CC(=O)O)NC(=O)CNC2=O)N1. The summed E-state index contributed by atoms with van der Waals surface area (Å²) in [6.45, 7) is 0.545. The Morgan fingerprint density at radius 1 is 0.583 bits per heavy atom. The molecule has 0 aromatic heterocycles. The number of nitrogens with zero attached hydrogens (tertiary/aromatic N) is 5.